The van der Waals surface area contributed by atoms with E-state index in [1.165, 1.54) is 47.0 Å². The van der Waals surface area contributed by atoms with Gasteiger partial charge in [0.25, 0.3) is 15.9 Å². The minimum atomic E-state index is -3.88. The number of esters is 1. The van der Waals surface area contributed by atoms with Crippen molar-refractivity contribution in [3.05, 3.63) is 83.2 Å². The number of rotatable bonds is 9. The summed E-state index contributed by atoms with van der Waals surface area (Å²) in [7, 11) is -0.797. The Morgan fingerprint density at radius 2 is 1.80 bits per heavy atom. The Hall–Kier alpha value is -4.42. The van der Waals surface area contributed by atoms with Gasteiger partial charge in [-0.15, -0.1) is 11.3 Å². The highest BCUT2D eigenvalue weighted by Crippen LogP contribution is 2.34. The standard InChI is InChI=1S/C28H25N3O7S2/c1-36-24-11-10-19(15-25(24)37-2)22-17-39-28(29-22)30-26(32)16-38-27(33)20-7-5-8-21(14-20)40(34,35)31-13-12-18-6-3-4-9-23(18)31/h3-11,14-15,17H,12-13,16H2,1-2H3,(H,29,30,32). The molecule has 1 aromatic heterocycles. The Balaban J connectivity index is 1.21. The fourth-order valence-electron chi connectivity index (χ4n) is 4.30. The maximum Gasteiger partial charge on any atom is 0.338 e. The molecule has 12 heteroatoms. The van der Waals surface area contributed by atoms with Crippen LogP contribution in [-0.2, 0) is 26.0 Å². The molecule has 0 atom stereocenters. The minimum Gasteiger partial charge on any atom is -0.493 e. The largest absolute Gasteiger partial charge is 0.493 e. The van der Waals surface area contributed by atoms with Gasteiger partial charge in [-0.3, -0.25) is 14.4 Å². The summed E-state index contributed by atoms with van der Waals surface area (Å²) >= 11 is 1.21. The summed E-state index contributed by atoms with van der Waals surface area (Å²) in [5.41, 5.74) is 2.99. The highest BCUT2D eigenvalue weighted by Gasteiger charge is 2.31. The molecule has 1 aliphatic rings. The summed E-state index contributed by atoms with van der Waals surface area (Å²) in [6, 6.07) is 18.3. The highest BCUT2D eigenvalue weighted by molar-refractivity contribution is 7.92. The summed E-state index contributed by atoms with van der Waals surface area (Å²) < 4.78 is 43.7. The molecule has 0 bridgehead atoms. The summed E-state index contributed by atoms with van der Waals surface area (Å²) in [5.74, 6) is -0.271. The molecule has 0 radical (unpaired) electrons. The third-order valence-electron chi connectivity index (χ3n) is 6.27. The molecule has 10 nitrogen and oxygen atoms in total. The lowest BCUT2D eigenvalue weighted by atomic mass is 10.1. The number of hydrogen-bond donors (Lipinski definition) is 1. The van der Waals surface area contributed by atoms with Gasteiger partial charge in [-0.2, -0.15) is 0 Å². The molecule has 4 aromatic rings. The Kier molecular flexibility index (Phi) is 7.71. The van der Waals surface area contributed by atoms with Crippen molar-refractivity contribution in [3.63, 3.8) is 0 Å². The van der Waals surface area contributed by atoms with E-state index in [0.29, 0.717) is 41.0 Å². The number of thiazole rings is 1. The van der Waals surface area contributed by atoms with Gasteiger partial charge in [0.05, 0.1) is 36.1 Å². The van der Waals surface area contributed by atoms with E-state index in [9.17, 15) is 18.0 Å². The molecule has 1 N–H and O–H groups in total. The minimum absolute atomic E-state index is 0.0198. The number of carbonyl (C=O) groups is 2. The van der Waals surface area contributed by atoms with Gasteiger partial charge >= 0.3 is 5.97 Å². The zero-order chi connectivity index (χ0) is 28.3. The van der Waals surface area contributed by atoms with E-state index in [1.807, 2.05) is 18.2 Å². The molecule has 1 aliphatic heterocycles. The van der Waals surface area contributed by atoms with Crippen LogP contribution in [0, 0.1) is 0 Å². The van der Waals surface area contributed by atoms with E-state index in [1.54, 1.807) is 36.8 Å². The topological polar surface area (TPSA) is 124 Å². The molecule has 40 heavy (non-hydrogen) atoms. The van der Waals surface area contributed by atoms with E-state index in [2.05, 4.69) is 10.3 Å². The summed E-state index contributed by atoms with van der Waals surface area (Å²) in [5, 5.41) is 4.70. The molecule has 5 rings (SSSR count). The van der Waals surface area contributed by atoms with Crippen LogP contribution in [0.1, 0.15) is 15.9 Å². The Labute approximate surface area is 235 Å². The summed E-state index contributed by atoms with van der Waals surface area (Å²) in [6.45, 7) is -0.248. The zero-order valence-corrected chi connectivity index (χ0v) is 23.3. The summed E-state index contributed by atoms with van der Waals surface area (Å²) in [4.78, 5) is 29.5. The van der Waals surface area contributed by atoms with Crippen LogP contribution >= 0.6 is 11.3 Å². The van der Waals surface area contributed by atoms with E-state index in [0.717, 1.165) is 11.1 Å². The second-order valence-electron chi connectivity index (χ2n) is 8.72. The van der Waals surface area contributed by atoms with Gasteiger partial charge in [0.1, 0.15) is 0 Å². The molecule has 2 heterocycles. The normalized spacial score (nSPS) is 12.5. The van der Waals surface area contributed by atoms with Crippen molar-refractivity contribution in [2.24, 2.45) is 0 Å². The second kappa shape index (κ2) is 11.4. The van der Waals surface area contributed by atoms with Gasteiger partial charge in [0.15, 0.2) is 23.2 Å². The predicted molar refractivity (Wildman–Crippen MR) is 151 cm³/mol. The molecule has 1 amide bonds. The number of sulfonamides is 1. The van der Waals surface area contributed by atoms with E-state index >= 15 is 0 Å². The number of ether oxygens (including phenoxy) is 3. The summed E-state index contributed by atoms with van der Waals surface area (Å²) in [6.07, 6.45) is 0.612. The molecule has 0 fully saturated rings. The second-order valence-corrected chi connectivity index (χ2v) is 11.4. The van der Waals surface area contributed by atoms with Crippen molar-refractivity contribution < 1.29 is 32.2 Å². The Morgan fingerprint density at radius 3 is 2.60 bits per heavy atom. The van der Waals surface area contributed by atoms with Gasteiger partial charge in [-0.25, -0.2) is 18.2 Å². The van der Waals surface area contributed by atoms with Crippen molar-refractivity contribution in [2.45, 2.75) is 11.3 Å². The van der Waals surface area contributed by atoms with Crippen molar-refractivity contribution in [1.82, 2.24) is 4.98 Å². The average molecular weight is 580 g/mol. The molecule has 0 unspecified atom stereocenters. The van der Waals surface area contributed by atoms with Gasteiger partial charge in [0, 0.05) is 17.5 Å². The quantitative estimate of drug-likeness (QED) is 0.290. The maximum absolute atomic E-state index is 13.3. The molecule has 0 saturated carbocycles. The first-order valence-corrected chi connectivity index (χ1v) is 14.5. The van der Waals surface area contributed by atoms with Gasteiger partial charge in [-0.1, -0.05) is 24.3 Å². The number of para-hydroxylation sites is 1. The van der Waals surface area contributed by atoms with Crippen LogP contribution in [0.5, 0.6) is 11.5 Å². The van der Waals surface area contributed by atoms with Gasteiger partial charge in [-0.05, 0) is 54.4 Å². The third-order valence-corrected chi connectivity index (χ3v) is 8.83. The van der Waals surface area contributed by atoms with E-state index in [4.69, 9.17) is 14.2 Å². The van der Waals surface area contributed by atoms with Gasteiger partial charge in [0.2, 0.25) is 0 Å². The Bertz CT molecular complexity index is 1680. The number of amides is 1. The molecular formula is C28H25N3O7S2. The fraction of sp³-hybridized carbons (Fsp3) is 0.179. The van der Waals surface area contributed by atoms with Crippen molar-refractivity contribution in [3.8, 4) is 22.8 Å². The zero-order valence-electron chi connectivity index (χ0n) is 21.6. The van der Waals surface area contributed by atoms with Crippen LogP contribution in [0.15, 0.2) is 77.0 Å². The van der Waals surface area contributed by atoms with Crippen LogP contribution in [-0.4, -0.2) is 52.6 Å². The third kappa shape index (κ3) is 5.49. The van der Waals surface area contributed by atoms with E-state index < -0.39 is 28.5 Å². The fourth-order valence-corrected chi connectivity index (χ4v) is 6.58. The molecule has 0 aliphatic carbocycles. The lowest BCUT2D eigenvalue weighted by Gasteiger charge is -2.19. The molecular weight excluding hydrogens is 554 g/mol. The van der Waals surface area contributed by atoms with Crippen LogP contribution in [0.25, 0.3) is 11.3 Å². The first-order chi connectivity index (χ1) is 19.3. The van der Waals surface area contributed by atoms with E-state index in [-0.39, 0.29) is 10.5 Å². The predicted octanol–water partition coefficient (Wildman–Crippen LogP) is 4.37. The lowest BCUT2D eigenvalue weighted by Crippen LogP contribution is -2.29. The molecule has 206 valence electrons. The van der Waals surface area contributed by atoms with Gasteiger partial charge < -0.3 is 14.2 Å². The number of fused-ring (bicyclic) bond motifs is 1. The Morgan fingerprint density at radius 1 is 1.00 bits per heavy atom. The van der Waals surface area contributed by atoms with Crippen LogP contribution < -0.4 is 19.1 Å². The number of anilines is 2. The number of methoxy groups -OCH3 is 2. The first kappa shape index (κ1) is 27.2. The van der Waals surface area contributed by atoms with Crippen molar-refractivity contribution in [1.29, 1.82) is 0 Å². The SMILES string of the molecule is COc1ccc(-c2csc(NC(=O)COC(=O)c3cccc(S(=O)(=O)N4CCc5ccccc54)c3)n2)cc1OC. The maximum atomic E-state index is 13.3. The first-order valence-electron chi connectivity index (χ1n) is 12.2. The highest BCUT2D eigenvalue weighted by atomic mass is 32.2. The molecule has 0 spiro atoms. The van der Waals surface area contributed by atoms with Crippen molar-refractivity contribution >= 4 is 44.1 Å². The average Bonchev–Trinajstić information content (AvgIpc) is 3.63. The number of aromatic nitrogens is 1. The van der Waals surface area contributed by atoms with Crippen LogP contribution in [0.2, 0.25) is 0 Å². The number of nitrogens with one attached hydrogen (secondary N) is 1. The molecule has 3 aromatic carbocycles. The smallest absolute Gasteiger partial charge is 0.338 e. The van der Waals surface area contributed by atoms with Crippen LogP contribution in [0.4, 0.5) is 10.8 Å². The van der Waals surface area contributed by atoms with Crippen LogP contribution in [0.3, 0.4) is 0 Å². The monoisotopic (exact) mass is 579 g/mol. The number of hydrogen-bond acceptors (Lipinski definition) is 9. The number of carbonyl (C=O) groups excluding carboxylic acids is 2. The molecule has 0 saturated heterocycles. The number of benzene rings is 3. The lowest BCUT2D eigenvalue weighted by molar-refractivity contribution is -0.119. The van der Waals surface area contributed by atoms with Crippen molar-refractivity contribution in [2.75, 3.05) is 37.0 Å². The number of nitrogens with zero attached hydrogens (tertiary/aromatic N) is 2.